The first-order valence-corrected chi connectivity index (χ1v) is 11.1. The molecule has 1 aliphatic rings. The summed E-state index contributed by atoms with van der Waals surface area (Å²) >= 11 is 0. The van der Waals surface area contributed by atoms with E-state index in [-0.39, 0.29) is 24.3 Å². The molecule has 0 spiro atoms. The number of benzene rings is 3. The van der Waals surface area contributed by atoms with Crippen LogP contribution in [0, 0.1) is 5.92 Å². The van der Waals surface area contributed by atoms with Gasteiger partial charge in [-0.2, -0.15) is 0 Å². The minimum atomic E-state index is -0.289. The summed E-state index contributed by atoms with van der Waals surface area (Å²) < 4.78 is 11.5. The predicted molar refractivity (Wildman–Crippen MR) is 127 cm³/mol. The lowest BCUT2D eigenvalue weighted by atomic mass is 9.95. The van der Waals surface area contributed by atoms with E-state index < -0.39 is 0 Å². The fourth-order valence-corrected chi connectivity index (χ4v) is 4.11. The van der Waals surface area contributed by atoms with Crippen molar-refractivity contribution < 1.29 is 19.1 Å². The van der Waals surface area contributed by atoms with Crippen LogP contribution in [0.25, 0.3) is 11.1 Å². The highest BCUT2D eigenvalue weighted by Crippen LogP contribution is 2.26. The zero-order valence-corrected chi connectivity index (χ0v) is 18.7. The van der Waals surface area contributed by atoms with E-state index in [1.165, 1.54) is 0 Å². The van der Waals surface area contributed by atoms with Crippen LogP contribution in [0.15, 0.2) is 72.8 Å². The zero-order valence-electron chi connectivity index (χ0n) is 18.7. The predicted octanol–water partition coefficient (Wildman–Crippen LogP) is 4.28. The van der Waals surface area contributed by atoms with Gasteiger partial charge >= 0.3 is 0 Å². The molecule has 0 unspecified atom stereocenters. The van der Waals surface area contributed by atoms with Crippen molar-refractivity contribution in [3.05, 3.63) is 83.9 Å². The van der Waals surface area contributed by atoms with E-state index in [4.69, 9.17) is 15.2 Å². The number of nitrogens with two attached hydrogens (primary N) is 1. The lowest BCUT2D eigenvalue weighted by Gasteiger charge is -2.30. The highest BCUT2D eigenvalue weighted by molar-refractivity contribution is 5.94. The third-order valence-electron chi connectivity index (χ3n) is 6.07. The summed E-state index contributed by atoms with van der Waals surface area (Å²) in [6.45, 7) is 1.33. The standard InChI is InChI=1S/C27H28N2O4/c1-32-25-12-9-22(27(31)29-15-13-21(14-16-29)26(28)30)17-23(25)18-33-24-10-7-20(8-11-24)19-5-3-2-4-6-19/h2-12,17,21H,13-16,18H2,1H3,(H2,28,30). The molecule has 2 amide bonds. The quantitative estimate of drug-likeness (QED) is 0.590. The molecule has 0 bridgehead atoms. The number of carbonyl (C=O) groups is 2. The lowest BCUT2D eigenvalue weighted by Crippen LogP contribution is -2.41. The average molecular weight is 445 g/mol. The normalized spacial score (nSPS) is 14.0. The monoisotopic (exact) mass is 444 g/mol. The van der Waals surface area contributed by atoms with Crippen molar-refractivity contribution in [1.29, 1.82) is 0 Å². The van der Waals surface area contributed by atoms with Gasteiger partial charge in [0.05, 0.1) is 7.11 Å². The molecule has 6 heteroatoms. The molecule has 0 aliphatic carbocycles. The van der Waals surface area contributed by atoms with E-state index in [0.717, 1.165) is 22.4 Å². The van der Waals surface area contributed by atoms with Crippen LogP contribution in [0.5, 0.6) is 11.5 Å². The Morgan fingerprint density at radius 3 is 2.24 bits per heavy atom. The summed E-state index contributed by atoms with van der Waals surface area (Å²) in [6.07, 6.45) is 1.21. The number of hydrogen-bond acceptors (Lipinski definition) is 4. The van der Waals surface area contributed by atoms with Crippen LogP contribution < -0.4 is 15.2 Å². The minimum absolute atomic E-state index is 0.0611. The molecule has 0 radical (unpaired) electrons. The maximum absolute atomic E-state index is 13.0. The summed E-state index contributed by atoms with van der Waals surface area (Å²) in [5.41, 5.74) is 9.04. The molecule has 4 rings (SSSR count). The van der Waals surface area contributed by atoms with E-state index >= 15 is 0 Å². The number of rotatable bonds is 7. The number of nitrogens with zero attached hydrogens (tertiary/aromatic N) is 1. The Balaban J connectivity index is 1.43. The third-order valence-corrected chi connectivity index (χ3v) is 6.07. The third kappa shape index (κ3) is 5.34. The van der Waals surface area contributed by atoms with Crippen molar-refractivity contribution in [2.24, 2.45) is 11.7 Å². The van der Waals surface area contributed by atoms with Crippen molar-refractivity contribution in [2.45, 2.75) is 19.4 Å². The van der Waals surface area contributed by atoms with Crippen molar-refractivity contribution in [3.63, 3.8) is 0 Å². The maximum atomic E-state index is 13.0. The van der Waals surface area contributed by atoms with Crippen molar-refractivity contribution in [1.82, 2.24) is 4.90 Å². The van der Waals surface area contributed by atoms with Crippen LogP contribution in [0.2, 0.25) is 0 Å². The van der Waals surface area contributed by atoms with E-state index in [1.54, 1.807) is 24.1 Å². The SMILES string of the molecule is COc1ccc(C(=O)N2CCC(C(N)=O)CC2)cc1COc1ccc(-c2ccccc2)cc1. The van der Waals surface area contributed by atoms with Gasteiger partial charge in [0.2, 0.25) is 5.91 Å². The molecule has 170 valence electrons. The molecular weight excluding hydrogens is 416 g/mol. The number of primary amides is 1. The summed E-state index contributed by atoms with van der Waals surface area (Å²) in [7, 11) is 1.60. The molecular formula is C27H28N2O4. The van der Waals surface area contributed by atoms with Gasteiger partial charge in [0.15, 0.2) is 0 Å². The molecule has 0 atom stereocenters. The average Bonchev–Trinajstić information content (AvgIpc) is 2.87. The first-order valence-electron chi connectivity index (χ1n) is 11.1. The number of hydrogen-bond donors (Lipinski definition) is 1. The molecule has 0 aromatic heterocycles. The van der Waals surface area contributed by atoms with Gasteiger partial charge in [-0.1, -0.05) is 42.5 Å². The Kier molecular flexibility index (Phi) is 6.93. The van der Waals surface area contributed by atoms with Gasteiger partial charge < -0.3 is 20.1 Å². The van der Waals surface area contributed by atoms with Gasteiger partial charge in [-0.15, -0.1) is 0 Å². The number of amides is 2. The summed E-state index contributed by atoms with van der Waals surface area (Å²) in [4.78, 5) is 26.2. The second kappa shape index (κ2) is 10.2. The highest BCUT2D eigenvalue weighted by atomic mass is 16.5. The zero-order chi connectivity index (χ0) is 23.2. The summed E-state index contributed by atoms with van der Waals surface area (Å²) in [5.74, 6) is 0.904. The van der Waals surface area contributed by atoms with Gasteiger partial charge in [-0.25, -0.2) is 0 Å². The molecule has 1 saturated heterocycles. The Morgan fingerprint density at radius 2 is 1.61 bits per heavy atom. The smallest absolute Gasteiger partial charge is 0.253 e. The van der Waals surface area contributed by atoms with Crippen LogP contribution in [0.4, 0.5) is 0 Å². The Bertz CT molecular complexity index is 1100. The first-order chi connectivity index (χ1) is 16.0. The van der Waals surface area contributed by atoms with Gasteiger partial charge in [-0.3, -0.25) is 9.59 Å². The van der Waals surface area contributed by atoms with Gasteiger partial charge in [0, 0.05) is 30.1 Å². The van der Waals surface area contributed by atoms with Crippen LogP contribution in [0.1, 0.15) is 28.8 Å². The second-order valence-corrected chi connectivity index (χ2v) is 8.17. The topological polar surface area (TPSA) is 81.9 Å². The number of piperidine rings is 1. The molecule has 6 nitrogen and oxygen atoms in total. The molecule has 1 heterocycles. The fraction of sp³-hybridized carbons (Fsp3) is 0.259. The summed E-state index contributed by atoms with van der Waals surface area (Å²) in [6, 6.07) is 23.5. The van der Waals surface area contributed by atoms with Crippen LogP contribution >= 0.6 is 0 Å². The van der Waals surface area contributed by atoms with Crippen LogP contribution in [-0.2, 0) is 11.4 Å². The Morgan fingerprint density at radius 1 is 0.939 bits per heavy atom. The molecule has 1 fully saturated rings. The number of likely N-dealkylation sites (tertiary alicyclic amines) is 1. The first kappa shape index (κ1) is 22.4. The molecule has 3 aromatic carbocycles. The number of ether oxygens (including phenoxy) is 2. The van der Waals surface area contributed by atoms with Gasteiger partial charge in [-0.05, 0) is 54.3 Å². The van der Waals surface area contributed by atoms with Crippen LogP contribution in [-0.4, -0.2) is 36.9 Å². The molecule has 1 aliphatic heterocycles. The lowest BCUT2D eigenvalue weighted by molar-refractivity contribution is -0.123. The number of methoxy groups -OCH3 is 1. The fourth-order valence-electron chi connectivity index (χ4n) is 4.11. The highest BCUT2D eigenvalue weighted by Gasteiger charge is 2.26. The minimum Gasteiger partial charge on any atom is -0.496 e. The van der Waals surface area contributed by atoms with Crippen LogP contribution in [0.3, 0.4) is 0 Å². The van der Waals surface area contributed by atoms with Crippen molar-refractivity contribution >= 4 is 11.8 Å². The molecule has 2 N–H and O–H groups in total. The largest absolute Gasteiger partial charge is 0.496 e. The van der Waals surface area contributed by atoms with Crippen molar-refractivity contribution in [3.8, 4) is 22.6 Å². The molecule has 0 saturated carbocycles. The van der Waals surface area contributed by atoms with E-state index in [9.17, 15) is 9.59 Å². The number of carbonyl (C=O) groups excluding carboxylic acids is 2. The Hall–Kier alpha value is -3.80. The van der Waals surface area contributed by atoms with Gasteiger partial charge in [0.25, 0.3) is 5.91 Å². The summed E-state index contributed by atoms with van der Waals surface area (Å²) in [5, 5.41) is 0. The molecule has 33 heavy (non-hydrogen) atoms. The Labute approximate surface area is 193 Å². The second-order valence-electron chi connectivity index (χ2n) is 8.17. The van der Waals surface area contributed by atoms with Crippen molar-refractivity contribution in [2.75, 3.05) is 20.2 Å². The van der Waals surface area contributed by atoms with Gasteiger partial charge in [0.1, 0.15) is 18.1 Å². The van der Waals surface area contributed by atoms with E-state index in [2.05, 4.69) is 12.1 Å². The maximum Gasteiger partial charge on any atom is 0.253 e. The van der Waals surface area contributed by atoms with E-state index in [1.807, 2.05) is 48.5 Å². The van der Waals surface area contributed by atoms with E-state index in [0.29, 0.717) is 37.2 Å². The molecule has 3 aromatic rings.